The summed E-state index contributed by atoms with van der Waals surface area (Å²) in [5.74, 6) is -0.987. The molecular formula is C12H22N2O4. The minimum atomic E-state index is -0.987. The Morgan fingerprint density at radius 2 is 2.17 bits per heavy atom. The van der Waals surface area contributed by atoms with Gasteiger partial charge in [-0.15, -0.1) is 0 Å². The number of hydrogen-bond donors (Lipinski definition) is 2. The standard InChI is InChI=1S/C12H22N2O4/c1-4-5-10(11(15)16)13-12(17)14-6-9(3)18-7-8(14)2/h8-10H,4-7H2,1-3H3,(H,13,17)(H,15,16)/t8?,9?,10-/m0/s1. The lowest BCUT2D eigenvalue weighted by atomic mass is 10.1. The molecule has 2 amide bonds. The van der Waals surface area contributed by atoms with E-state index in [2.05, 4.69) is 5.32 Å². The maximum Gasteiger partial charge on any atom is 0.326 e. The molecule has 104 valence electrons. The van der Waals surface area contributed by atoms with E-state index >= 15 is 0 Å². The van der Waals surface area contributed by atoms with Crippen LogP contribution in [-0.4, -0.2) is 53.3 Å². The Labute approximate surface area is 107 Å². The van der Waals surface area contributed by atoms with Crippen LogP contribution in [-0.2, 0) is 9.53 Å². The number of carbonyl (C=O) groups excluding carboxylic acids is 1. The van der Waals surface area contributed by atoms with Crippen molar-refractivity contribution in [3.63, 3.8) is 0 Å². The van der Waals surface area contributed by atoms with E-state index in [0.29, 0.717) is 26.0 Å². The summed E-state index contributed by atoms with van der Waals surface area (Å²) in [6.07, 6.45) is 1.14. The van der Waals surface area contributed by atoms with Gasteiger partial charge in [0.25, 0.3) is 0 Å². The molecule has 0 saturated carbocycles. The van der Waals surface area contributed by atoms with Gasteiger partial charge in [-0.1, -0.05) is 13.3 Å². The topological polar surface area (TPSA) is 78.9 Å². The van der Waals surface area contributed by atoms with Crippen molar-refractivity contribution < 1.29 is 19.4 Å². The predicted octanol–water partition coefficient (Wildman–Crippen LogP) is 1.06. The fourth-order valence-electron chi connectivity index (χ4n) is 1.96. The van der Waals surface area contributed by atoms with Crippen LogP contribution < -0.4 is 5.32 Å². The van der Waals surface area contributed by atoms with Crippen molar-refractivity contribution in [2.24, 2.45) is 0 Å². The number of ether oxygens (including phenoxy) is 1. The Morgan fingerprint density at radius 3 is 2.72 bits per heavy atom. The Bertz CT molecular complexity index is 308. The summed E-state index contributed by atoms with van der Waals surface area (Å²) in [5.41, 5.74) is 0. The van der Waals surface area contributed by atoms with E-state index in [0.717, 1.165) is 0 Å². The summed E-state index contributed by atoms with van der Waals surface area (Å²) in [6, 6.07) is -1.16. The van der Waals surface area contributed by atoms with Gasteiger partial charge in [0.1, 0.15) is 6.04 Å². The van der Waals surface area contributed by atoms with E-state index in [9.17, 15) is 9.59 Å². The second-order valence-electron chi connectivity index (χ2n) is 4.77. The minimum absolute atomic E-state index is 0.0126. The zero-order valence-corrected chi connectivity index (χ0v) is 11.2. The zero-order valence-electron chi connectivity index (χ0n) is 11.2. The molecule has 0 radical (unpaired) electrons. The third-order valence-electron chi connectivity index (χ3n) is 3.04. The molecule has 2 unspecified atom stereocenters. The smallest absolute Gasteiger partial charge is 0.326 e. The van der Waals surface area contributed by atoms with Gasteiger partial charge in [0.15, 0.2) is 0 Å². The maximum absolute atomic E-state index is 12.0. The quantitative estimate of drug-likeness (QED) is 0.790. The van der Waals surface area contributed by atoms with Crippen LogP contribution in [0, 0.1) is 0 Å². The number of morpholine rings is 1. The normalized spacial score (nSPS) is 25.6. The average molecular weight is 258 g/mol. The van der Waals surface area contributed by atoms with E-state index in [4.69, 9.17) is 9.84 Å². The molecule has 1 saturated heterocycles. The molecule has 0 bridgehead atoms. The van der Waals surface area contributed by atoms with Crippen molar-refractivity contribution in [1.29, 1.82) is 0 Å². The Morgan fingerprint density at radius 1 is 1.50 bits per heavy atom. The highest BCUT2D eigenvalue weighted by Gasteiger charge is 2.29. The summed E-state index contributed by atoms with van der Waals surface area (Å²) in [4.78, 5) is 24.7. The van der Waals surface area contributed by atoms with Gasteiger partial charge in [-0.3, -0.25) is 0 Å². The summed E-state index contributed by atoms with van der Waals surface area (Å²) in [5, 5.41) is 11.6. The molecule has 1 aliphatic rings. The molecule has 0 aliphatic carbocycles. The molecule has 1 heterocycles. The average Bonchev–Trinajstić information content (AvgIpc) is 2.31. The molecule has 18 heavy (non-hydrogen) atoms. The third kappa shape index (κ3) is 3.87. The van der Waals surface area contributed by atoms with Crippen LogP contribution >= 0.6 is 0 Å². The monoisotopic (exact) mass is 258 g/mol. The van der Waals surface area contributed by atoms with Crippen LogP contribution in [0.2, 0.25) is 0 Å². The van der Waals surface area contributed by atoms with E-state index in [1.165, 1.54) is 0 Å². The van der Waals surface area contributed by atoms with Crippen molar-refractivity contribution in [1.82, 2.24) is 10.2 Å². The fraction of sp³-hybridized carbons (Fsp3) is 0.833. The highest BCUT2D eigenvalue weighted by molar-refractivity contribution is 5.82. The molecule has 6 heteroatoms. The van der Waals surface area contributed by atoms with Crippen LogP contribution in [0.3, 0.4) is 0 Å². The van der Waals surface area contributed by atoms with Crippen molar-refractivity contribution in [3.8, 4) is 0 Å². The van der Waals surface area contributed by atoms with Gasteiger partial charge < -0.3 is 20.1 Å². The Hall–Kier alpha value is -1.30. The van der Waals surface area contributed by atoms with Gasteiger partial charge in [0.2, 0.25) is 0 Å². The van der Waals surface area contributed by atoms with Crippen molar-refractivity contribution in [2.75, 3.05) is 13.2 Å². The number of hydrogen-bond acceptors (Lipinski definition) is 3. The molecule has 1 rings (SSSR count). The lowest BCUT2D eigenvalue weighted by Crippen LogP contribution is -2.56. The first-order chi connectivity index (χ1) is 8.45. The lowest BCUT2D eigenvalue weighted by Gasteiger charge is -2.37. The number of carboxylic acid groups (broad SMARTS) is 1. The van der Waals surface area contributed by atoms with Gasteiger partial charge in [-0.05, 0) is 20.3 Å². The van der Waals surface area contributed by atoms with Gasteiger partial charge in [-0.25, -0.2) is 9.59 Å². The summed E-state index contributed by atoms with van der Waals surface area (Å²) in [7, 11) is 0. The van der Waals surface area contributed by atoms with Crippen LogP contribution in [0.1, 0.15) is 33.6 Å². The molecule has 2 N–H and O–H groups in total. The van der Waals surface area contributed by atoms with Crippen molar-refractivity contribution >= 4 is 12.0 Å². The van der Waals surface area contributed by atoms with Gasteiger partial charge in [-0.2, -0.15) is 0 Å². The molecule has 0 spiro atoms. The first kappa shape index (κ1) is 14.8. The first-order valence-electron chi connectivity index (χ1n) is 6.37. The summed E-state index contributed by atoms with van der Waals surface area (Å²) in [6.45, 7) is 6.65. The van der Waals surface area contributed by atoms with Crippen LogP contribution in [0.4, 0.5) is 4.79 Å². The highest BCUT2D eigenvalue weighted by Crippen LogP contribution is 2.12. The van der Waals surface area contributed by atoms with E-state index in [-0.39, 0.29) is 18.2 Å². The fourth-order valence-corrected chi connectivity index (χ4v) is 1.96. The number of rotatable bonds is 4. The number of nitrogens with one attached hydrogen (secondary N) is 1. The van der Waals surface area contributed by atoms with Crippen LogP contribution in [0.25, 0.3) is 0 Å². The van der Waals surface area contributed by atoms with Gasteiger partial charge in [0.05, 0.1) is 18.8 Å². The van der Waals surface area contributed by atoms with Gasteiger partial charge >= 0.3 is 12.0 Å². The van der Waals surface area contributed by atoms with Crippen LogP contribution in [0.15, 0.2) is 0 Å². The number of urea groups is 1. The third-order valence-corrected chi connectivity index (χ3v) is 3.04. The number of nitrogens with zero attached hydrogens (tertiary/aromatic N) is 1. The minimum Gasteiger partial charge on any atom is -0.480 e. The number of aliphatic carboxylic acids is 1. The number of carbonyl (C=O) groups is 2. The van der Waals surface area contributed by atoms with Crippen molar-refractivity contribution in [3.05, 3.63) is 0 Å². The van der Waals surface area contributed by atoms with Crippen molar-refractivity contribution in [2.45, 2.75) is 51.8 Å². The summed E-state index contributed by atoms with van der Waals surface area (Å²) >= 11 is 0. The molecule has 1 aliphatic heterocycles. The van der Waals surface area contributed by atoms with E-state index in [1.54, 1.807) is 4.90 Å². The SMILES string of the molecule is CCC[C@H](NC(=O)N1CC(C)OCC1C)C(=O)O. The van der Waals surface area contributed by atoms with Gasteiger partial charge in [0, 0.05) is 6.54 Å². The number of amides is 2. The molecule has 0 aromatic heterocycles. The highest BCUT2D eigenvalue weighted by atomic mass is 16.5. The zero-order chi connectivity index (χ0) is 13.7. The Kier molecular flexibility index (Phi) is 5.40. The maximum atomic E-state index is 12.0. The molecule has 6 nitrogen and oxygen atoms in total. The summed E-state index contributed by atoms with van der Waals surface area (Å²) < 4.78 is 5.43. The van der Waals surface area contributed by atoms with Crippen LogP contribution in [0.5, 0.6) is 0 Å². The van der Waals surface area contributed by atoms with E-state index < -0.39 is 12.0 Å². The number of carboxylic acids is 1. The Balaban J connectivity index is 2.59. The predicted molar refractivity (Wildman–Crippen MR) is 66.4 cm³/mol. The largest absolute Gasteiger partial charge is 0.480 e. The molecule has 3 atom stereocenters. The van der Waals surface area contributed by atoms with E-state index in [1.807, 2.05) is 20.8 Å². The first-order valence-corrected chi connectivity index (χ1v) is 6.37. The molecular weight excluding hydrogens is 236 g/mol. The molecule has 0 aromatic carbocycles. The molecule has 0 aromatic rings. The second kappa shape index (κ2) is 6.58. The second-order valence-corrected chi connectivity index (χ2v) is 4.77. The molecule has 1 fully saturated rings. The lowest BCUT2D eigenvalue weighted by molar-refractivity contribution is -0.139.